The van der Waals surface area contributed by atoms with Crippen molar-refractivity contribution in [3.8, 4) is 0 Å². The number of hydrogen-bond acceptors (Lipinski definition) is 4. The van der Waals surface area contributed by atoms with E-state index in [4.69, 9.17) is 9.47 Å². The molecule has 3 aliphatic heterocycles. The predicted octanol–water partition coefficient (Wildman–Crippen LogP) is 2.69. The van der Waals surface area contributed by atoms with Crippen LogP contribution in [0, 0.1) is 11.8 Å². The summed E-state index contributed by atoms with van der Waals surface area (Å²) in [5.74, 6) is -1.44. The first kappa shape index (κ1) is 15.8. The molecule has 1 unspecified atom stereocenters. The van der Waals surface area contributed by atoms with Gasteiger partial charge in [-0.3, -0.25) is 9.59 Å². The highest BCUT2D eigenvalue weighted by Crippen LogP contribution is 2.52. The van der Waals surface area contributed by atoms with Crippen molar-refractivity contribution < 1.29 is 19.1 Å². The molecule has 0 aliphatic carbocycles. The zero-order chi connectivity index (χ0) is 16.9. The van der Waals surface area contributed by atoms with Crippen molar-refractivity contribution in [3.63, 3.8) is 0 Å². The maximum Gasteiger partial charge on any atom is 0.312 e. The Hall–Kier alpha value is -1.66. The molecule has 4 atom stereocenters. The number of amides is 1. The van der Waals surface area contributed by atoms with Crippen molar-refractivity contribution >= 4 is 33.5 Å². The fraction of sp³-hybridized carbons (Fsp3) is 0.444. The van der Waals surface area contributed by atoms with E-state index in [0.29, 0.717) is 13.2 Å². The highest BCUT2D eigenvalue weighted by molar-refractivity contribution is 9.10. The molecule has 4 rings (SSSR count). The standard InChI is InChI=1S/C18H18BrNO4/c1-2-9-23-17(22)14-13-7-8-18(24-13)10-20(16(21)15(14)18)12-5-3-11(19)4-6-12/h3-8,13-15H,2,9-10H2,1H3/t13-,14?,15-,18+/m0/s1. The first-order valence-electron chi connectivity index (χ1n) is 8.16. The van der Waals surface area contributed by atoms with E-state index in [0.717, 1.165) is 16.6 Å². The summed E-state index contributed by atoms with van der Waals surface area (Å²) < 4.78 is 12.3. The van der Waals surface area contributed by atoms with Crippen LogP contribution in [-0.4, -0.2) is 36.7 Å². The molecular weight excluding hydrogens is 374 g/mol. The first-order chi connectivity index (χ1) is 11.6. The monoisotopic (exact) mass is 391 g/mol. The molecule has 5 nitrogen and oxygen atoms in total. The van der Waals surface area contributed by atoms with E-state index in [9.17, 15) is 9.59 Å². The van der Waals surface area contributed by atoms with Crippen molar-refractivity contribution in [3.05, 3.63) is 40.9 Å². The van der Waals surface area contributed by atoms with Crippen LogP contribution in [0.25, 0.3) is 0 Å². The van der Waals surface area contributed by atoms with Gasteiger partial charge in [-0.15, -0.1) is 0 Å². The molecule has 0 saturated carbocycles. The number of esters is 1. The van der Waals surface area contributed by atoms with Crippen molar-refractivity contribution in [1.29, 1.82) is 0 Å². The van der Waals surface area contributed by atoms with Crippen molar-refractivity contribution in [1.82, 2.24) is 0 Å². The summed E-state index contributed by atoms with van der Waals surface area (Å²) in [6.07, 6.45) is 4.25. The average molecular weight is 392 g/mol. The maximum absolute atomic E-state index is 13.0. The maximum atomic E-state index is 13.0. The lowest BCUT2D eigenvalue weighted by Crippen LogP contribution is -2.40. The number of hydrogen-bond donors (Lipinski definition) is 0. The Morgan fingerprint density at radius 1 is 1.42 bits per heavy atom. The lowest BCUT2D eigenvalue weighted by molar-refractivity contribution is -0.152. The van der Waals surface area contributed by atoms with Crippen LogP contribution in [0.5, 0.6) is 0 Å². The van der Waals surface area contributed by atoms with E-state index in [-0.39, 0.29) is 18.0 Å². The van der Waals surface area contributed by atoms with Crippen molar-refractivity contribution in [2.75, 3.05) is 18.1 Å². The molecule has 1 aromatic rings. The van der Waals surface area contributed by atoms with Crippen LogP contribution < -0.4 is 4.90 Å². The number of carbonyl (C=O) groups is 2. The summed E-state index contributed by atoms with van der Waals surface area (Å²) in [6, 6.07) is 7.57. The Morgan fingerprint density at radius 2 is 2.17 bits per heavy atom. The van der Waals surface area contributed by atoms with Crippen LogP contribution in [-0.2, 0) is 19.1 Å². The quantitative estimate of drug-likeness (QED) is 0.584. The van der Waals surface area contributed by atoms with Gasteiger partial charge in [-0.1, -0.05) is 35.0 Å². The minimum atomic E-state index is -0.704. The molecule has 3 aliphatic rings. The Kier molecular flexibility index (Phi) is 3.77. The summed E-state index contributed by atoms with van der Waals surface area (Å²) in [4.78, 5) is 27.2. The number of benzene rings is 1. The highest BCUT2D eigenvalue weighted by atomic mass is 79.9. The van der Waals surface area contributed by atoms with E-state index in [1.165, 1.54) is 0 Å². The first-order valence-corrected chi connectivity index (χ1v) is 8.96. The number of ether oxygens (including phenoxy) is 2. The average Bonchev–Trinajstić information content (AvgIpc) is 3.22. The van der Waals surface area contributed by atoms with Crippen LogP contribution in [0.2, 0.25) is 0 Å². The van der Waals surface area contributed by atoms with Gasteiger partial charge >= 0.3 is 5.97 Å². The van der Waals surface area contributed by atoms with Gasteiger partial charge in [-0.25, -0.2) is 0 Å². The molecular formula is C18H18BrNO4. The van der Waals surface area contributed by atoms with Gasteiger partial charge in [-0.05, 0) is 30.7 Å². The van der Waals surface area contributed by atoms with Gasteiger partial charge in [0.1, 0.15) is 11.5 Å². The second kappa shape index (κ2) is 5.70. The SMILES string of the molecule is CCCOC(=O)C1[C@@H]2C=C[C@]3(CN(c4ccc(Br)cc4)C(=O)[C@H]13)O2. The molecule has 0 N–H and O–H groups in total. The van der Waals surface area contributed by atoms with E-state index in [2.05, 4.69) is 15.9 Å². The third-order valence-corrected chi connectivity index (χ3v) is 5.49. The molecule has 0 aromatic heterocycles. The zero-order valence-corrected chi connectivity index (χ0v) is 14.9. The second-order valence-electron chi connectivity index (χ2n) is 6.47. The normalized spacial score (nSPS) is 33.2. The summed E-state index contributed by atoms with van der Waals surface area (Å²) in [7, 11) is 0. The molecule has 1 amide bonds. The van der Waals surface area contributed by atoms with Gasteiger partial charge in [0.15, 0.2) is 0 Å². The molecule has 1 aromatic carbocycles. The fourth-order valence-electron chi connectivity index (χ4n) is 3.91. The Morgan fingerprint density at radius 3 is 2.88 bits per heavy atom. The van der Waals surface area contributed by atoms with Crippen LogP contribution >= 0.6 is 15.9 Å². The van der Waals surface area contributed by atoms with E-state index in [1.807, 2.05) is 43.3 Å². The molecule has 6 heteroatoms. The molecule has 2 saturated heterocycles. The summed E-state index contributed by atoms with van der Waals surface area (Å²) in [5.41, 5.74) is 0.109. The Bertz CT molecular complexity index is 716. The minimum Gasteiger partial charge on any atom is -0.465 e. The lowest BCUT2D eigenvalue weighted by Gasteiger charge is -2.22. The third kappa shape index (κ3) is 2.24. The fourth-order valence-corrected chi connectivity index (χ4v) is 4.17. The van der Waals surface area contributed by atoms with E-state index >= 15 is 0 Å². The number of halogens is 1. The number of rotatable bonds is 4. The van der Waals surface area contributed by atoms with Gasteiger partial charge in [0.2, 0.25) is 5.91 Å². The van der Waals surface area contributed by atoms with E-state index < -0.39 is 17.4 Å². The number of fused-ring (bicyclic) bond motifs is 1. The summed E-state index contributed by atoms with van der Waals surface area (Å²) >= 11 is 3.40. The van der Waals surface area contributed by atoms with Gasteiger partial charge < -0.3 is 14.4 Å². The number of anilines is 1. The minimum absolute atomic E-state index is 0.0670. The molecule has 126 valence electrons. The molecule has 2 fully saturated rings. The van der Waals surface area contributed by atoms with Crippen LogP contribution in [0.1, 0.15) is 13.3 Å². The second-order valence-corrected chi connectivity index (χ2v) is 7.38. The number of carbonyl (C=O) groups excluding carboxylic acids is 2. The van der Waals surface area contributed by atoms with Gasteiger partial charge in [-0.2, -0.15) is 0 Å². The zero-order valence-electron chi connectivity index (χ0n) is 13.3. The molecule has 3 heterocycles. The van der Waals surface area contributed by atoms with Crippen LogP contribution in [0.4, 0.5) is 5.69 Å². The summed E-state index contributed by atoms with van der Waals surface area (Å²) in [5, 5.41) is 0. The molecule has 24 heavy (non-hydrogen) atoms. The molecule has 2 bridgehead atoms. The van der Waals surface area contributed by atoms with Crippen LogP contribution in [0.15, 0.2) is 40.9 Å². The number of nitrogens with zero attached hydrogens (tertiary/aromatic N) is 1. The van der Waals surface area contributed by atoms with Gasteiger partial charge in [0.05, 0.1) is 25.2 Å². The van der Waals surface area contributed by atoms with E-state index in [1.54, 1.807) is 4.90 Å². The highest BCUT2D eigenvalue weighted by Gasteiger charge is 2.67. The van der Waals surface area contributed by atoms with Crippen molar-refractivity contribution in [2.45, 2.75) is 25.0 Å². The Labute approximate surface area is 148 Å². The molecule has 1 spiro atoms. The topological polar surface area (TPSA) is 55.8 Å². The van der Waals surface area contributed by atoms with Crippen molar-refractivity contribution in [2.24, 2.45) is 11.8 Å². The van der Waals surface area contributed by atoms with Gasteiger partial charge in [0.25, 0.3) is 0 Å². The van der Waals surface area contributed by atoms with Gasteiger partial charge in [0, 0.05) is 10.2 Å². The largest absolute Gasteiger partial charge is 0.465 e. The smallest absolute Gasteiger partial charge is 0.312 e. The lowest BCUT2D eigenvalue weighted by atomic mass is 9.77. The summed E-state index contributed by atoms with van der Waals surface area (Å²) in [6.45, 7) is 2.75. The predicted molar refractivity (Wildman–Crippen MR) is 91.5 cm³/mol. The third-order valence-electron chi connectivity index (χ3n) is 4.96. The Balaban J connectivity index is 1.64. The van der Waals surface area contributed by atoms with Crippen LogP contribution in [0.3, 0.4) is 0 Å². The molecule has 0 radical (unpaired) electrons.